The molecule has 0 saturated heterocycles. The van der Waals surface area contributed by atoms with Crippen LogP contribution < -0.4 is 0 Å². The molecule has 0 aliphatic carbocycles. The quantitative estimate of drug-likeness (QED) is 0.875. The summed E-state index contributed by atoms with van der Waals surface area (Å²) in [5.74, 6) is 0.0731. The van der Waals surface area contributed by atoms with E-state index in [1.165, 1.54) is 12.1 Å². The summed E-state index contributed by atoms with van der Waals surface area (Å²) in [5.41, 5.74) is 0.965. The third-order valence-electron chi connectivity index (χ3n) is 2.31. The van der Waals surface area contributed by atoms with Crippen LogP contribution >= 0.6 is 0 Å². The second-order valence-corrected chi connectivity index (χ2v) is 3.63. The van der Waals surface area contributed by atoms with Gasteiger partial charge in [-0.2, -0.15) is 0 Å². The number of carboxylic acid groups (broad SMARTS) is 1. The maximum Gasteiger partial charge on any atom is 0.335 e. The van der Waals surface area contributed by atoms with Gasteiger partial charge < -0.3 is 9.52 Å². The number of carbonyl (C=O) groups is 1. The fourth-order valence-electron chi connectivity index (χ4n) is 1.44. The summed E-state index contributed by atoms with van der Waals surface area (Å²) in [5, 5.41) is 16.6. The molecule has 0 saturated carbocycles. The highest BCUT2D eigenvalue weighted by Gasteiger charge is 2.09. The van der Waals surface area contributed by atoms with E-state index >= 15 is 0 Å². The zero-order valence-electron chi connectivity index (χ0n) is 9.38. The van der Waals surface area contributed by atoms with Crippen LogP contribution in [0.25, 0.3) is 11.5 Å². The highest BCUT2D eigenvalue weighted by Crippen LogP contribution is 2.18. The molecular formula is C12H12N2O3. The molecule has 17 heavy (non-hydrogen) atoms. The molecule has 5 heteroatoms. The van der Waals surface area contributed by atoms with Crippen LogP contribution in [0.3, 0.4) is 0 Å². The van der Waals surface area contributed by atoms with Crippen LogP contribution in [-0.2, 0) is 6.42 Å². The third kappa shape index (κ3) is 2.50. The SMILES string of the molecule is CCCc1nnc(-c2ccc(C(=O)O)cc2)o1. The number of nitrogens with zero attached hydrogens (tertiary/aromatic N) is 2. The average molecular weight is 232 g/mol. The Morgan fingerprint density at radius 1 is 1.29 bits per heavy atom. The third-order valence-corrected chi connectivity index (χ3v) is 2.31. The first-order valence-electron chi connectivity index (χ1n) is 5.37. The van der Waals surface area contributed by atoms with Crippen LogP contribution in [-0.4, -0.2) is 21.3 Å². The molecule has 0 radical (unpaired) electrons. The van der Waals surface area contributed by atoms with Gasteiger partial charge in [-0.25, -0.2) is 4.79 Å². The molecule has 0 amide bonds. The molecule has 1 aromatic heterocycles. The van der Waals surface area contributed by atoms with E-state index in [1.54, 1.807) is 12.1 Å². The lowest BCUT2D eigenvalue weighted by atomic mass is 10.1. The number of rotatable bonds is 4. The van der Waals surface area contributed by atoms with Crippen molar-refractivity contribution < 1.29 is 14.3 Å². The fraction of sp³-hybridized carbons (Fsp3) is 0.250. The molecule has 0 aliphatic heterocycles. The highest BCUT2D eigenvalue weighted by molar-refractivity contribution is 5.88. The molecule has 0 atom stereocenters. The number of benzene rings is 1. The molecule has 0 aliphatic rings. The van der Waals surface area contributed by atoms with Gasteiger partial charge in [0, 0.05) is 12.0 Å². The smallest absolute Gasteiger partial charge is 0.335 e. The van der Waals surface area contributed by atoms with Crippen molar-refractivity contribution in [1.82, 2.24) is 10.2 Å². The maximum atomic E-state index is 10.7. The lowest BCUT2D eigenvalue weighted by Crippen LogP contribution is -1.94. The Morgan fingerprint density at radius 2 is 2.00 bits per heavy atom. The number of hydrogen-bond acceptors (Lipinski definition) is 4. The lowest BCUT2D eigenvalue weighted by molar-refractivity contribution is 0.0697. The topological polar surface area (TPSA) is 76.2 Å². The minimum absolute atomic E-state index is 0.238. The van der Waals surface area contributed by atoms with E-state index in [-0.39, 0.29) is 5.56 Å². The molecular weight excluding hydrogens is 220 g/mol. The number of aromatic carboxylic acids is 1. The summed E-state index contributed by atoms with van der Waals surface area (Å²) in [6.45, 7) is 2.03. The Morgan fingerprint density at radius 3 is 2.59 bits per heavy atom. The first-order chi connectivity index (χ1) is 8.20. The largest absolute Gasteiger partial charge is 0.478 e. The first-order valence-corrected chi connectivity index (χ1v) is 5.37. The van der Waals surface area contributed by atoms with Gasteiger partial charge in [-0.05, 0) is 30.7 Å². The molecule has 0 fully saturated rings. The number of hydrogen-bond donors (Lipinski definition) is 1. The Bertz CT molecular complexity index is 517. The number of carboxylic acids is 1. The molecule has 1 heterocycles. The zero-order chi connectivity index (χ0) is 12.3. The maximum absolute atomic E-state index is 10.7. The minimum Gasteiger partial charge on any atom is -0.478 e. The first kappa shape index (κ1) is 11.3. The van der Waals surface area contributed by atoms with Crippen molar-refractivity contribution in [3.63, 3.8) is 0 Å². The van der Waals surface area contributed by atoms with Crippen molar-refractivity contribution in [2.45, 2.75) is 19.8 Å². The molecule has 5 nitrogen and oxygen atoms in total. The summed E-state index contributed by atoms with van der Waals surface area (Å²) in [6, 6.07) is 6.35. The van der Waals surface area contributed by atoms with Crippen molar-refractivity contribution in [2.75, 3.05) is 0 Å². The average Bonchev–Trinajstić information content (AvgIpc) is 2.78. The molecule has 1 aromatic carbocycles. The van der Waals surface area contributed by atoms with Gasteiger partial charge in [0.2, 0.25) is 11.8 Å². The van der Waals surface area contributed by atoms with Gasteiger partial charge >= 0.3 is 5.97 Å². The number of aryl methyl sites for hydroxylation is 1. The van der Waals surface area contributed by atoms with E-state index in [0.717, 1.165) is 18.4 Å². The van der Waals surface area contributed by atoms with Crippen molar-refractivity contribution in [2.24, 2.45) is 0 Å². The predicted octanol–water partition coefficient (Wildman–Crippen LogP) is 2.39. The van der Waals surface area contributed by atoms with E-state index in [0.29, 0.717) is 11.8 Å². The Labute approximate surface area is 98.1 Å². The van der Waals surface area contributed by atoms with Crippen molar-refractivity contribution in [1.29, 1.82) is 0 Å². The van der Waals surface area contributed by atoms with E-state index in [1.807, 2.05) is 6.92 Å². The predicted molar refractivity (Wildman–Crippen MR) is 60.7 cm³/mol. The lowest BCUT2D eigenvalue weighted by Gasteiger charge is -1.96. The summed E-state index contributed by atoms with van der Waals surface area (Å²) in [6.07, 6.45) is 1.69. The second kappa shape index (κ2) is 4.78. The van der Waals surface area contributed by atoms with Crippen LogP contribution in [0.2, 0.25) is 0 Å². The van der Waals surface area contributed by atoms with E-state index in [2.05, 4.69) is 10.2 Å². The van der Waals surface area contributed by atoms with E-state index in [4.69, 9.17) is 9.52 Å². The van der Waals surface area contributed by atoms with Gasteiger partial charge in [0.15, 0.2) is 0 Å². The van der Waals surface area contributed by atoms with Crippen molar-refractivity contribution >= 4 is 5.97 Å². The Balaban J connectivity index is 2.23. The Hall–Kier alpha value is -2.17. The van der Waals surface area contributed by atoms with Crippen LogP contribution in [0.15, 0.2) is 28.7 Å². The molecule has 2 aromatic rings. The standard InChI is InChI=1S/C12H12N2O3/c1-2-3-10-13-14-11(17-10)8-4-6-9(7-5-8)12(15)16/h4-7H,2-3H2,1H3,(H,15,16). The van der Waals surface area contributed by atoms with E-state index < -0.39 is 5.97 Å². The highest BCUT2D eigenvalue weighted by atomic mass is 16.4. The van der Waals surface area contributed by atoms with Gasteiger partial charge in [0.05, 0.1) is 5.56 Å². The van der Waals surface area contributed by atoms with Crippen molar-refractivity contribution in [3.8, 4) is 11.5 Å². The van der Waals surface area contributed by atoms with Crippen LogP contribution in [0, 0.1) is 0 Å². The van der Waals surface area contributed by atoms with Gasteiger partial charge in [-0.15, -0.1) is 10.2 Å². The number of aromatic nitrogens is 2. The Kier molecular flexibility index (Phi) is 3.18. The normalized spacial score (nSPS) is 10.4. The zero-order valence-corrected chi connectivity index (χ0v) is 9.38. The van der Waals surface area contributed by atoms with Gasteiger partial charge in [-0.3, -0.25) is 0 Å². The second-order valence-electron chi connectivity index (χ2n) is 3.63. The fourth-order valence-corrected chi connectivity index (χ4v) is 1.44. The van der Waals surface area contributed by atoms with Crippen LogP contribution in [0.4, 0.5) is 0 Å². The summed E-state index contributed by atoms with van der Waals surface area (Å²) < 4.78 is 5.44. The van der Waals surface area contributed by atoms with Gasteiger partial charge in [0.25, 0.3) is 0 Å². The van der Waals surface area contributed by atoms with Crippen molar-refractivity contribution in [3.05, 3.63) is 35.7 Å². The van der Waals surface area contributed by atoms with E-state index in [9.17, 15) is 4.79 Å². The molecule has 0 bridgehead atoms. The summed E-state index contributed by atoms with van der Waals surface area (Å²) >= 11 is 0. The van der Waals surface area contributed by atoms with Crippen LogP contribution in [0.1, 0.15) is 29.6 Å². The summed E-state index contributed by atoms with van der Waals surface area (Å²) in [7, 11) is 0. The molecule has 0 spiro atoms. The van der Waals surface area contributed by atoms with Crippen LogP contribution in [0.5, 0.6) is 0 Å². The summed E-state index contributed by atoms with van der Waals surface area (Å²) in [4.78, 5) is 10.7. The van der Waals surface area contributed by atoms with Gasteiger partial charge in [-0.1, -0.05) is 6.92 Å². The monoisotopic (exact) mass is 232 g/mol. The molecule has 88 valence electrons. The molecule has 0 unspecified atom stereocenters. The molecule has 1 N–H and O–H groups in total. The molecule has 2 rings (SSSR count). The minimum atomic E-state index is -0.950. The van der Waals surface area contributed by atoms with Gasteiger partial charge in [0.1, 0.15) is 0 Å².